The lowest BCUT2D eigenvalue weighted by Gasteiger charge is -2.31. The van der Waals surface area contributed by atoms with Crippen molar-refractivity contribution in [1.82, 2.24) is 0 Å². The highest BCUT2D eigenvalue weighted by Gasteiger charge is 2.32. The number of likely N-dealkylation sites (N-methyl/N-ethyl adjacent to an activating group) is 1. The van der Waals surface area contributed by atoms with Crippen LogP contribution in [-0.4, -0.2) is 53.9 Å². The summed E-state index contributed by atoms with van der Waals surface area (Å²) in [6.07, 6.45) is 0. The number of quaternary nitrogens is 1. The van der Waals surface area contributed by atoms with Gasteiger partial charge in [0.15, 0.2) is 0 Å². The molecule has 0 aliphatic rings. The maximum Gasteiger partial charge on any atom is 0.368 e. The van der Waals surface area contributed by atoms with E-state index in [-0.39, 0.29) is 4.48 Å². The molecule has 0 aromatic carbocycles. The van der Waals surface area contributed by atoms with Crippen molar-refractivity contribution in [3.63, 3.8) is 0 Å². The van der Waals surface area contributed by atoms with Gasteiger partial charge in [0.1, 0.15) is 5.97 Å². The van der Waals surface area contributed by atoms with Crippen LogP contribution in [-0.2, 0) is 9.59 Å². The average Bonchev–Trinajstić information content (AvgIpc) is 1.85. The summed E-state index contributed by atoms with van der Waals surface area (Å²) < 4.78 is -0.183. The molecule has 0 aromatic heterocycles. The van der Waals surface area contributed by atoms with Gasteiger partial charge in [-0.25, -0.2) is 10.7 Å². The van der Waals surface area contributed by atoms with E-state index in [4.69, 9.17) is 10.3 Å². The Hall–Kier alpha value is -1.18. The van der Waals surface area contributed by atoms with Crippen molar-refractivity contribution >= 4 is 11.9 Å². The molecule has 0 amide bonds. The van der Waals surface area contributed by atoms with E-state index in [0.29, 0.717) is 0 Å². The van der Waals surface area contributed by atoms with E-state index in [0.717, 1.165) is 0 Å². The number of nitrogens with two attached hydrogens (primary N) is 1. The Labute approximate surface area is 75.5 Å². The van der Waals surface area contributed by atoms with Gasteiger partial charge >= 0.3 is 5.97 Å². The number of carboxylic acids is 2. The van der Waals surface area contributed by atoms with Crippen molar-refractivity contribution in [2.75, 3.05) is 21.1 Å². The van der Waals surface area contributed by atoms with Crippen molar-refractivity contribution in [2.45, 2.75) is 6.04 Å². The highest BCUT2D eigenvalue weighted by Crippen LogP contribution is 2.01. The molecule has 0 aliphatic heterocycles. The van der Waals surface area contributed by atoms with E-state index in [1.165, 1.54) is 21.1 Å². The maximum atomic E-state index is 10.4. The monoisotopic (exact) mass is 194 g/mol. The molecule has 7 nitrogen and oxygen atoms in total. The summed E-state index contributed by atoms with van der Waals surface area (Å²) in [5.74, 6) is 0.558. The first-order chi connectivity index (χ1) is 5.76. The molecule has 0 rings (SSSR count). The lowest BCUT2D eigenvalue weighted by molar-refractivity contribution is -0.880. The number of hydrogen-bond acceptors (Lipinski definition) is 5. The van der Waals surface area contributed by atoms with Gasteiger partial charge in [-0.15, -0.1) is 0 Å². The maximum absolute atomic E-state index is 10.4. The topological polar surface area (TPSA) is 124 Å². The predicted molar refractivity (Wildman–Crippen MR) is 40.4 cm³/mol. The Bertz CT molecular complexity index is 172. The number of rotatable bonds is 3. The smallest absolute Gasteiger partial charge is 0.368 e. The fraction of sp³-hybridized carbons (Fsp3) is 0.667. The summed E-state index contributed by atoms with van der Waals surface area (Å²) >= 11 is 0. The van der Waals surface area contributed by atoms with Gasteiger partial charge in [0.2, 0.25) is 6.04 Å². The SMILES string of the molecule is C[N+](C)(C)C(C(=O)[O-])C(=O)O.NO. The average molecular weight is 194 g/mol. The van der Waals surface area contributed by atoms with E-state index in [2.05, 4.69) is 5.90 Å². The van der Waals surface area contributed by atoms with Crippen LogP contribution in [0.1, 0.15) is 0 Å². The van der Waals surface area contributed by atoms with Gasteiger partial charge in [0, 0.05) is 0 Å². The number of carboxylic acid groups (broad SMARTS) is 2. The Morgan fingerprint density at radius 1 is 1.31 bits per heavy atom. The number of carbonyl (C=O) groups excluding carboxylic acids is 1. The minimum Gasteiger partial charge on any atom is -0.543 e. The molecule has 7 heteroatoms. The van der Waals surface area contributed by atoms with Crippen molar-refractivity contribution in [3.05, 3.63) is 0 Å². The molecule has 0 heterocycles. The summed E-state index contributed by atoms with van der Waals surface area (Å²) in [7, 11) is 4.44. The Kier molecular flexibility index (Phi) is 6.03. The fourth-order valence-electron chi connectivity index (χ4n) is 0.748. The van der Waals surface area contributed by atoms with Gasteiger partial charge < -0.3 is 24.7 Å². The molecule has 0 spiro atoms. The molecule has 0 saturated carbocycles. The minimum absolute atomic E-state index is 0.183. The van der Waals surface area contributed by atoms with Gasteiger partial charge in [-0.05, 0) is 0 Å². The zero-order valence-corrected chi connectivity index (χ0v) is 7.72. The molecule has 1 atom stereocenters. The van der Waals surface area contributed by atoms with E-state index in [1.807, 2.05) is 0 Å². The standard InChI is InChI=1S/C6H11NO4.H3NO/c1-7(2,3)4(5(8)9)6(10)11;1-2/h4H,1-3H3,(H-,8,9,10,11);2H,1H2. The van der Waals surface area contributed by atoms with Gasteiger partial charge in [-0.3, -0.25) is 0 Å². The summed E-state index contributed by atoms with van der Waals surface area (Å²) in [6.45, 7) is 0. The molecular weight excluding hydrogens is 180 g/mol. The summed E-state index contributed by atoms with van der Waals surface area (Å²) in [6, 6.07) is -1.50. The largest absolute Gasteiger partial charge is 0.543 e. The quantitative estimate of drug-likeness (QED) is 0.254. The van der Waals surface area contributed by atoms with Crippen LogP contribution in [0.15, 0.2) is 0 Å². The van der Waals surface area contributed by atoms with E-state index < -0.39 is 18.0 Å². The summed E-state index contributed by atoms with van der Waals surface area (Å²) in [4.78, 5) is 20.6. The van der Waals surface area contributed by atoms with Crippen LogP contribution in [0.3, 0.4) is 0 Å². The first-order valence-corrected chi connectivity index (χ1v) is 3.27. The summed E-state index contributed by atoms with van der Waals surface area (Å²) in [5.41, 5.74) is 0. The zero-order valence-electron chi connectivity index (χ0n) is 7.72. The van der Waals surface area contributed by atoms with Crippen molar-refractivity contribution in [3.8, 4) is 0 Å². The molecular formula is C6H14N2O5. The minimum atomic E-state index is -1.56. The molecule has 0 radical (unpaired) electrons. The van der Waals surface area contributed by atoms with Crippen LogP contribution in [0.5, 0.6) is 0 Å². The third-order valence-corrected chi connectivity index (χ3v) is 1.23. The second-order valence-electron chi connectivity index (χ2n) is 3.18. The fourth-order valence-corrected chi connectivity index (χ4v) is 0.748. The van der Waals surface area contributed by atoms with E-state index in [1.54, 1.807) is 0 Å². The molecule has 1 unspecified atom stereocenters. The molecule has 4 N–H and O–H groups in total. The lowest BCUT2D eigenvalue weighted by atomic mass is 10.2. The van der Waals surface area contributed by atoms with Crippen LogP contribution in [0.2, 0.25) is 0 Å². The van der Waals surface area contributed by atoms with Gasteiger partial charge in [0.05, 0.1) is 21.1 Å². The zero-order chi connectivity index (χ0) is 11.2. The lowest BCUT2D eigenvalue weighted by Crippen LogP contribution is -2.58. The van der Waals surface area contributed by atoms with Crippen LogP contribution < -0.4 is 11.0 Å². The first kappa shape index (κ1) is 14.3. The van der Waals surface area contributed by atoms with Crippen LogP contribution in [0, 0.1) is 0 Å². The molecule has 0 aromatic rings. The molecule has 78 valence electrons. The predicted octanol–water partition coefficient (Wildman–Crippen LogP) is -2.77. The number of aliphatic carboxylic acids is 2. The van der Waals surface area contributed by atoms with E-state index in [9.17, 15) is 14.7 Å². The van der Waals surface area contributed by atoms with Crippen molar-refractivity contribution in [2.24, 2.45) is 5.90 Å². The van der Waals surface area contributed by atoms with Gasteiger partial charge in [-0.2, -0.15) is 0 Å². The molecule has 0 bridgehead atoms. The summed E-state index contributed by atoms with van der Waals surface area (Å²) in [5, 5.41) is 25.2. The van der Waals surface area contributed by atoms with Crippen molar-refractivity contribution < 1.29 is 29.5 Å². The van der Waals surface area contributed by atoms with Gasteiger partial charge in [-0.1, -0.05) is 0 Å². The number of hydrogen-bond donors (Lipinski definition) is 3. The molecule has 0 fully saturated rings. The van der Waals surface area contributed by atoms with Crippen LogP contribution in [0.4, 0.5) is 0 Å². The number of nitrogens with zero attached hydrogens (tertiary/aromatic N) is 1. The second kappa shape index (κ2) is 5.46. The highest BCUT2D eigenvalue weighted by molar-refractivity contribution is 5.94. The molecule has 13 heavy (non-hydrogen) atoms. The molecule has 0 aliphatic carbocycles. The van der Waals surface area contributed by atoms with Crippen LogP contribution in [0.25, 0.3) is 0 Å². The van der Waals surface area contributed by atoms with E-state index >= 15 is 0 Å². The Morgan fingerprint density at radius 2 is 1.62 bits per heavy atom. The van der Waals surface area contributed by atoms with Gasteiger partial charge in [0.25, 0.3) is 0 Å². The molecule has 0 saturated heterocycles. The third-order valence-electron chi connectivity index (χ3n) is 1.23. The van der Waals surface area contributed by atoms with Crippen LogP contribution >= 0.6 is 0 Å². The second-order valence-corrected chi connectivity index (χ2v) is 3.18. The third kappa shape index (κ3) is 5.12. The highest BCUT2D eigenvalue weighted by atomic mass is 16.4. The normalized spacial score (nSPS) is 12.4. The van der Waals surface area contributed by atoms with Crippen molar-refractivity contribution in [1.29, 1.82) is 0 Å². The Morgan fingerprint density at radius 3 is 1.62 bits per heavy atom. The number of carbonyl (C=O) groups is 2. The first-order valence-electron chi connectivity index (χ1n) is 3.27. The Balaban J connectivity index is 0.